The van der Waals surface area contributed by atoms with E-state index in [0.29, 0.717) is 5.92 Å². The van der Waals surface area contributed by atoms with Crippen molar-refractivity contribution < 1.29 is 9.53 Å². The first-order valence-corrected chi connectivity index (χ1v) is 9.73. The molecule has 2 aliphatic heterocycles. The van der Waals surface area contributed by atoms with Crippen LogP contribution in [0.15, 0.2) is 24.3 Å². The van der Waals surface area contributed by atoms with E-state index in [-0.39, 0.29) is 24.2 Å². The predicted octanol–water partition coefficient (Wildman–Crippen LogP) is 2.32. The topological polar surface area (TPSA) is 72.3 Å². The number of fused-ring (bicyclic) bond motifs is 1. The van der Waals surface area contributed by atoms with E-state index in [1.54, 1.807) is 7.11 Å². The van der Waals surface area contributed by atoms with Crippen molar-refractivity contribution in [2.45, 2.75) is 44.7 Å². The van der Waals surface area contributed by atoms with Crippen molar-refractivity contribution in [3.8, 4) is 5.75 Å². The quantitative estimate of drug-likeness (QED) is 0.845. The van der Waals surface area contributed by atoms with E-state index in [1.165, 1.54) is 0 Å². The van der Waals surface area contributed by atoms with Gasteiger partial charge in [-0.25, -0.2) is 0 Å². The molecule has 0 radical (unpaired) electrons. The van der Waals surface area contributed by atoms with Crippen molar-refractivity contribution >= 4 is 18.3 Å². The number of amides is 1. The van der Waals surface area contributed by atoms with E-state index in [9.17, 15) is 4.79 Å². The summed E-state index contributed by atoms with van der Waals surface area (Å²) in [6, 6.07) is 7.78. The molecule has 2 aliphatic rings. The lowest BCUT2D eigenvalue weighted by atomic mass is 9.93. The number of nitrogens with one attached hydrogen (secondary N) is 1. The minimum absolute atomic E-state index is 0. The van der Waals surface area contributed by atoms with Gasteiger partial charge in [-0.1, -0.05) is 12.1 Å². The van der Waals surface area contributed by atoms with E-state index in [4.69, 9.17) is 4.74 Å². The van der Waals surface area contributed by atoms with Gasteiger partial charge < -0.3 is 19.5 Å². The summed E-state index contributed by atoms with van der Waals surface area (Å²) >= 11 is 0. The molecule has 4 rings (SSSR count). The number of piperidine rings is 1. The molecule has 3 heterocycles. The highest BCUT2D eigenvalue weighted by Gasteiger charge is 2.30. The smallest absolute Gasteiger partial charge is 0.229 e. The zero-order chi connectivity index (χ0) is 18.8. The summed E-state index contributed by atoms with van der Waals surface area (Å²) in [4.78, 5) is 14.9. The highest BCUT2D eigenvalue weighted by molar-refractivity contribution is 5.85. The van der Waals surface area contributed by atoms with E-state index >= 15 is 0 Å². The molecular weight excluding hydrogens is 378 g/mol. The molecule has 1 aromatic heterocycles. The molecule has 1 atom stereocenters. The molecule has 152 valence electrons. The number of hydrogen-bond donors (Lipinski definition) is 1. The molecule has 1 saturated heterocycles. The number of rotatable bonds is 4. The third-order valence-corrected chi connectivity index (χ3v) is 5.81. The Morgan fingerprint density at radius 1 is 1.18 bits per heavy atom. The van der Waals surface area contributed by atoms with E-state index < -0.39 is 0 Å². The second-order valence-corrected chi connectivity index (χ2v) is 7.40. The van der Waals surface area contributed by atoms with Crippen molar-refractivity contribution in [3.05, 3.63) is 41.5 Å². The summed E-state index contributed by atoms with van der Waals surface area (Å²) in [6.45, 7) is 6.25. The first-order chi connectivity index (χ1) is 13.2. The molecule has 1 N–H and O–H groups in total. The van der Waals surface area contributed by atoms with Crippen LogP contribution in [-0.4, -0.2) is 52.3 Å². The van der Waals surface area contributed by atoms with Crippen LogP contribution in [0.1, 0.15) is 48.8 Å². The number of benzene rings is 1. The number of nitrogens with zero attached hydrogens (tertiary/aromatic N) is 4. The summed E-state index contributed by atoms with van der Waals surface area (Å²) in [6.07, 6.45) is 1.90. The van der Waals surface area contributed by atoms with Gasteiger partial charge in [0, 0.05) is 32.1 Å². The van der Waals surface area contributed by atoms with Crippen molar-refractivity contribution in [2.24, 2.45) is 0 Å². The fraction of sp³-hybridized carbons (Fsp3) is 0.550. The third-order valence-electron chi connectivity index (χ3n) is 5.81. The van der Waals surface area contributed by atoms with Gasteiger partial charge in [0.25, 0.3) is 0 Å². The van der Waals surface area contributed by atoms with Gasteiger partial charge in [-0.05, 0) is 37.5 Å². The number of aromatic nitrogens is 3. The van der Waals surface area contributed by atoms with Crippen molar-refractivity contribution in [1.82, 2.24) is 25.0 Å². The Labute approximate surface area is 171 Å². The van der Waals surface area contributed by atoms with E-state index in [0.717, 1.165) is 68.5 Å². The lowest BCUT2D eigenvalue weighted by Gasteiger charge is -2.33. The minimum atomic E-state index is -0.139. The van der Waals surface area contributed by atoms with Gasteiger partial charge in [0.15, 0.2) is 0 Å². The number of hydrogen-bond acceptors (Lipinski definition) is 5. The Balaban J connectivity index is 0.00000225. The van der Waals surface area contributed by atoms with E-state index in [2.05, 4.69) is 20.1 Å². The standard InChI is InChI=1S/C20H27N5O2.ClH/c1-14(15-3-5-17(27-2)6-4-15)20(26)24-10-7-16(8-11-24)19-23-22-18-13-21-9-12-25(18)19;/h3-6,14,16,21H,7-13H2,1-2H3;1H. The number of methoxy groups -OCH3 is 1. The Morgan fingerprint density at radius 2 is 1.89 bits per heavy atom. The summed E-state index contributed by atoms with van der Waals surface area (Å²) in [5.74, 6) is 3.39. The van der Waals surface area contributed by atoms with Crippen LogP contribution in [-0.2, 0) is 17.9 Å². The molecule has 0 spiro atoms. The van der Waals surface area contributed by atoms with Crippen molar-refractivity contribution in [1.29, 1.82) is 0 Å². The average Bonchev–Trinajstić information content (AvgIpc) is 3.17. The molecule has 1 aromatic carbocycles. The first kappa shape index (κ1) is 20.6. The summed E-state index contributed by atoms with van der Waals surface area (Å²) in [5, 5.41) is 12.1. The van der Waals surface area contributed by atoms with Gasteiger partial charge in [-0.3, -0.25) is 4.79 Å². The lowest BCUT2D eigenvalue weighted by molar-refractivity contribution is -0.133. The molecule has 8 heteroatoms. The maximum atomic E-state index is 12.9. The molecule has 1 amide bonds. The number of ether oxygens (including phenoxy) is 1. The van der Waals surface area contributed by atoms with Crippen LogP contribution in [0.2, 0.25) is 0 Å². The van der Waals surface area contributed by atoms with Crippen LogP contribution in [0.5, 0.6) is 5.75 Å². The van der Waals surface area contributed by atoms with Gasteiger partial charge in [0.1, 0.15) is 17.4 Å². The summed E-state index contributed by atoms with van der Waals surface area (Å²) in [7, 11) is 1.65. The van der Waals surface area contributed by atoms with E-state index in [1.807, 2.05) is 36.1 Å². The monoisotopic (exact) mass is 405 g/mol. The minimum Gasteiger partial charge on any atom is -0.497 e. The Kier molecular flexibility index (Phi) is 6.57. The fourth-order valence-electron chi connectivity index (χ4n) is 4.08. The van der Waals surface area contributed by atoms with Crippen LogP contribution in [0, 0.1) is 0 Å². The molecule has 1 unspecified atom stereocenters. The maximum absolute atomic E-state index is 12.9. The van der Waals surface area contributed by atoms with Gasteiger partial charge in [-0.15, -0.1) is 22.6 Å². The fourth-order valence-corrected chi connectivity index (χ4v) is 4.08. The SMILES string of the molecule is COc1ccc(C(C)C(=O)N2CCC(c3nnc4n3CCNC4)CC2)cc1.Cl. The molecule has 0 bridgehead atoms. The Bertz CT molecular complexity index is 799. The van der Waals surface area contributed by atoms with Gasteiger partial charge in [0.2, 0.25) is 5.91 Å². The predicted molar refractivity (Wildman–Crippen MR) is 109 cm³/mol. The summed E-state index contributed by atoms with van der Waals surface area (Å²) in [5.41, 5.74) is 1.03. The van der Waals surface area contributed by atoms with Gasteiger partial charge >= 0.3 is 0 Å². The Morgan fingerprint density at radius 3 is 2.57 bits per heavy atom. The second-order valence-electron chi connectivity index (χ2n) is 7.40. The second kappa shape index (κ2) is 8.92. The molecular formula is C20H28ClN5O2. The normalized spacial score (nSPS) is 18.1. The molecule has 2 aromatic rings. The van der Waals surface area contributed by atoms with Crippen LogP contribution in [0.3, 0.4) is 0 Å². The van der Waals surface area contributed by atoms with Crippen molar-refractivity contribution in [3.63, 3.8) is 0 Å². The lowest BCUT2D eigenvalue weighted by Crippen LogP contribution is -2.40. The molecule has 28 heavy (non-hydrogen) atoms. The maximum Gasteiger partial charge on any atom is 0.229 e. The molecule has 7 nitrogen and oxygen atoms in total. The summed E-state index contributed by atoms with van der Waals surface area (Å²) < 4.78 is 7.46. The molecule has 1 fully saturated rings. The highest BCUT2D eigenvalue weighted by Crippen LogP contribution is 2.30. The highest BCUT2D eigenvalue weighted by atomic mass is 35.5. The van der Waals surface area contributed by atoms with Crippen LogP contribution >= 0.6 is 12.4 Å². The molecule has 0 saturated carbocycles. The number of likely N-dealkylation sites (tertiary alicyclic amines) is 1. The van der Waals surface area contributed by atoms with Gasteiger partial charge in [0.05, 0.1) is 19.6 Å². The largest absolute Gasteiger partial charge is 0.497 e. The number of halogens is 1. The van der Waals surface area contributed by atoms with Crippen LogP contribution < -0.4 is 10.1 Å². The number of carbonyl (C=O) groups is 1. The average molecular weight is 406 g/mol. The zero-order valence-corrected chi connectivity index (χ0v) is 17.2. The Hall–Kier alpha value is -2.12. The molecule has 0 aliphatic carbocycles. The van der Waals surface area contributed by atoms with Crippen molar-refractivity contribution in [2.75, 3.05) is 26.7 Å². The van der Waals surface area contributed by atoms with Gasteiger partial charge in [-0.2, -0.15) is 0 Å². The van der Waals surface area contributed by atoms with Crippen LogP contribution in [0.25, 0.3) is 0 Å². The van der Waals surface area contributed by atoms with Crippen LogP contribution in [0.4, 0.5) is 0 Å². The first-order valence-electron chi connectivity index (χ1n) is 9.73. The number of carbonyl (C=O) groups excluding carboxylic acids is 1. The zero-order valence-electron chi connectivity index (χ0n) is 16.4. The third kappa shape index (κ3) is 4.00.